The Hall–Kier alpha value is -2.42. The highest BCUT2D eigenvalue weighted by Crippen LogP contribution is 2.29. The molecule has 4 rings (SSSR count). The summed E-state index contributed by atoms with van der Waals surface area (Å²) in [6.45, 7) is 3.53. The predicted octanol–water partition coefficient (Wildman–Crippen LogP) is 3.89. The number of aliphatic imine (C=N–C) groups is 1. The minimum Gasteiger partial charge on any atom is -0.380 e. The second-order valence-corrected chi connectivity index (χ2v) is 9.31. The molecule has 30 heavy (non-hydrogen) atoms. The van der Waals surface area contributed by atoms with Gasteiger partial charge in [0.1, 0.15) is 16.5 Å². The summed E-state index contributed by atoms with van der Waals surface area (Å²) in [5.74, 6) is -0.711. The Bertz CT molecular complexity index is 1110. The van der Waals surface area contributed by atoms with Crippen molar-refractivity contribution in [3.8, 4) is 0 Å². The Labute approximate surface area is 180 Å². The third kappa shape index (κ3) is 4.66. The molecule has 0 spiro atoms. The lowest BCUT2D eigenvalue weighted by Crippen LogP contribution is -2.36. The fraction of sp³-hybridized carbons (Fsp3) is 0.286. The van der Waals surface area contributed by atoms with Crippen molar-refractivity contribution in [1.82, 2.24) is 9.62 Å². The number of benzene rings is 2. The van der Waals surface area contributed by atoms with Gasteiger partial charge in [0.25, 0.3) is 10.0 Å². The molecule has 0 aliphatic carbocycles. The van der Waals surface area contributed by atoms with Crippen molar-refractivity contribution in [3.63, 3.8) is 0 Å². The van der Waals surface area contributed by atoms with Crippen molar-refractivity contribution in [2.45, 2.75) is 30.8 Å². The Kier molecular flexibility index (Phi) is 6.08. The number of rotatable bonds is 8. The number of allylic oxidation sites excluding steroid dienone is 1. The van der Waals surface area contributed by atoms with E-state index in [9.17, 15) is 12.8 Å². The van der Waals surface area contributed by atoms with Crippen LogP contribution in [0.4, 0.5) is 10.1 Å². The van der Waals surface area contributed by atoms with Crippen molar-refractivity contribution in [2.75, 3.05) is 18.4 Å². The quantitative estimate of drug-likeness (QED) is 0.642. The number of nitrogens with one attached hydrogen (secondary N) is 2. The molecule has 2 heterocycles. The Morgan fingerprint density at radius 1 is 1.17 bits per heavy atom. The van der Waals surface area contributed by atoms with Crippen LogP contribution in [0.5, 0.6) is 0 Å². The largest absolute Gasteiger partial charge is 0.380 e. The van der Waals surface area contributed by atoms with Crippen LogP contribution in [0.3, 0.4) is 0 Å². The minimum atomic E-state index is -4.12. The van der Waals surface area contributed by atoms with Crippen LogP contribution in [0.1, 0.15) is 24.0 Å². The lowest BCUT2D eigenvalue weighted by Gasteiger charge is -2.31. The van der Waals surface area contributed by atoms with Crippen LogP contribution >= 0.6 is 11.6 Å². The average molecular weight is 449 g/mol. The van der Waals surface area contributed by atoms with Gasteiger partial charge in [-0.3, -0.25) is 9.62 Å². The highest BCUT2D eigenvalue weighted by Gasteiger charge is 2.23. The molecule has 9 heteroatoms. The summed E-state index contributed by atoms with van der Waals surface area (Å²) in [6.07, 6.45) is 4.92. The summed E-state index contributed by atoms with van der Waals surface area (Å²) in [5, 5.41) is 3.26. The van der Waals surface area contributed by atoms with Crippen molar-refractivity contribution in [1.29, 1.82) is 0 Å². The molecule has 0 atom stereocenters. The number of halogens is 2. The van der Waals surface area contributed by atoms with Crippen LogP contribution in [-0.2, 0) is 23.1 Å². The Balaban J connectivity index is 1.50. The maximum atomic E-state index is 14.6. The van der Waals surface area contributed by atoms with Crippen LogP contribution in [0, 0.1) is 5.82 Å². The maximum absolute atomic E-state index is 14.6. The first kappa shape index (κ1) is 20.8. The van der Waals surface area contributed by atoms with Gasteiger partial charge in [0.2, 0.25) is 0 Å². The number of sulfonamides is 1. The third-order valence-electron chi connectivity index (χ3n) is 5.13. The smallest absolute Gasteiger partial charge is 0.266 e. The fourth-order valence-corrected chi connectivity index (χ4v) is 4.76. The van der Waals surface area contributed by atoms with Gasteiger partial charge in [-0.05, 0) is 48.8 Å². The van der Waals surface area contributed by atoms with Gasteiger partial charge in [0.15, 0.2) is 0 Å². The van der Waals surface area contributed by atoms with E-state index >= 15 is 0 Å². The highest BCUT2D eigenvalue weighted by molar-refractivity contribution is 7.89. The standard InChI is InChI=1S/C21H22ClFN4O2S/c22-17-11-20(30(28,29)26-21-7-3-8-24-21)18(23)12-19(17)25-13-15-5-1-2-6-16(15)14-27-9-4-10-27/h1-2,5-8,11-12,25-26H,3-4,9-10,13-14H2. The Morgan fingerprint density at radius 3 is 2.60 bits per heavy atom. The molecule has 0 saturated carbocycles. The summed E-state index contributed by atoms with van der Waals surface area (Å²) in [5.41, 5.74) is 2.63. The molecular formula is C21H22ClFN4O2S. The number of likely N-dealkylation sites (tertiary alicyclic amines) is 1. The summed E-state index contributed by atoms with van der Waals surface area (Å²) in [4.78, 5) is 5.74. The first-order chi connectivity index (χ1) is 14.4. The van der Waals surface area contributed by atoms with Gasteiger partial charge in [-0.2, -0.15) is 0 Å². The first-order valence-corrected chi connectivity index (χ1v) is 11.6. The molecular weight excluding hydrogens is 427 g/mol. The number of hydrogen-bond donors (Lipinski definition) is 2. The zero-order valence-electron chi connectivity index (χ0n) is 16.2. The zero-order chi connectivity index (χ0) is 21.1. The molecule has 0 aromatic heterocycles. The summed E-state index contributed by atoms with van der Waals surface area (Å²) in [7, 11) is -4.12. The molecule has 2 aromatic carbocycles. The van der Waals surface area contributed by atoms with E-state index in [0.717, 1.165) is 37.3 Å². The normalized spacial score (nSPS) is 16.3. The number of nitrogens with zero attached hydrogens (tertiary/aromatic N) is 2. The van der Waals surface area contributed by atoms with E-state index in [-0.39, 0.29) is 10.8 Å². The molecule has 0 amide bonds. The van der Waals surface area contributed by atoms with Gasteiger partial charge < -0.3 is 5.32 Å². The Morgan fingerprint density at radius 2 is 1.93 bits per heavy atom. The van der Waals surface area contributed by atoms with Gasteiger partial charge in [0, 0.05) is 25.7 Å². The van der Waals surface area contributed by atoms with E-state index in [1.54, 1.807) is 12.3 Å². The van der Waals surface area contributed by atoms with Crippen molar-refractivity contribution in [2.24, 2.45) is 4.99 Å². The monoisotopic (exact) mass is 448 g/mol. The second-order valence-electron chi connectivity index (χ2n) is 7.26. The fourth-order valence-electron chi connectivity index (χ4n) is 3.35. The zero-order valence-corrected chi connectivity index (χ0v) is 17.8. The van der Waals surface area contributed by atoms with Crippen molar-refractivity contribution in [3.05, 3.63) is 70.3 Å². The summed E-state index contributed by atoms with van der Waals surface area (Å²) < 4.78 is 41.9. The SMILES string of the molecule is O=S(=O)(NC1=CCC=N1)c1cc(Cl)c(NCc2ccccc2CN2CCC2)cc1F. The van der Waals surface area contributed by atoms with Gasteiger partial charge in [-0.1, -0.05) is 35.9 Å². The maximum Gasteiger partial charge on any atom is 0.266 e. The molecule has 6 nitrogen and oxygen atoms in total. The molecule has 1 fully saturated rings. The molecule has 2 aliphatic heterocycles. The summed E-state index contributed by atoms with van der Waals surface area (Å²) in [6, 6.07) is 10.3. The van der Waals surface area contributed by atoms with Crippen LogP contribution in [0.2, 0.25) is 5.02 Å². The number of anilines is 1. The molecule has 0 unspecified atom stereocenters. The van der Waals surface area contributed by atoms with E-state index in [1.165, 1.54) is 12.0 Å². The minimum absolute atomic E-state index is 0.126. The first-order valence-electron chi connectivity index (χ1n) is 9.70. The van der Waals surface area contributed by atoms with Gasteiger partial charge in [-0.15, -0.1) is 0 Å². The third-order valence-corrected chi connectivity index (χ3v) is 6.81. The van der Waals surface area contributed by atoms with Crippen LogP contribution < -0.4 is 10.0 Å². The molecule has 2 aromatic rings. The molecule has 1 saturated heterocycles. The van der Waals surface area contributed by atoms with Crippen LogP contribution in [0.25, 0.3) is 0 Å². The van der Waals surface area contributed by atoms with Crippen LogP contribution in [-0.4, -0.2) is 32.6 Å². The molecule has 158 valence electrons. The highest BCUT2D eigenvalue weighted by atomic mass is 35.5. The topological polar surface area (TPSA) is 73.8 Å². The molecule has 0 bridgehead atoms. The van der Waals surface area contributed by atoms with Crippen LogP contribution in [0.15, 0.2) is 58.2 Å². The van der Waals surface area contributed by atoms with Crippen molar-refractivity contribution >= 4 is 33.5 Å². The van der Waals surface area contributed by atoms with E-state index in [4.69, 9.17) is 11.6 Å². The van der Waals surface area contributed by atoms with E-state index in [0.29, 0.717) is 18.7 Å². The predicted molar refractivity (Wildman–Crippen MR) is 117 cm³/mol. The lowest BCUT2D eigenvalue weighted by atomic mass is 10.1. The molecule has 2 aliphatic rings. The summed E-state index contributed by atoms with van der Waals surface area (Å²) >= 11 is 6.27. The second kappa shape index (κ2) is 8.75. The van der Waals surface area contributed by atoms with E-state index < -0.39 is 20.7 Å². The van der Waals surface area contributed by atoms with E-state index in [1.807, 2.05) is 18.2 Å². The molecule has 0 radical (unpaired) electrons. The van der Waals surface area contributed by atoms with Gasteiger partial charge in [-0.25, -0.2) is 17.8 Å². The van der Waals surface area contributed by atoms with Crippen molar-refractivity contribution < 1.29 is 12.8 Å². The van der Waals surface area contributed by atoms with Gasteiger partial charge >= 0.3 is 0 Å². The average Bonchev–Trinajstić information content (AvgIpc) is 3.18. The number of hydrogen-bond acceptors (Lipinski definition) is 5. The molecule has 2 N–H and O–H groups in total. The lowest BCUT2D eigenvalue weighted by molar-refractivity contribution is 0.172. The van der Waals surface area contributed by atoms with Gasteiger partial charge in [0.05, 0.1) is 10.7 Å². The van der Waals surface area contributed by atoms with E-state index in [2.05, 4.69) is 26.0 Å².